The average Bonchev–Trinajstić information content (AvgIpc) is 2.95. The maximum absolute atomic E-state index is 12.4. The summed E-state index contributed by atoms with van der Waals surface area (Å²) in [5, 5.41) is 3.01. The standard InChI is InChI=1S/C20H22N4O2/c1-14-2-4-18(5-3-14)24-13-17(10-19(24)25)22-20(26)23-11-16(12-23)15-6-8-21-9-7-15/h2-9,16-17H,10-13H2,1H3,(H,22,26). The van der Waals surface area contributed by atoms with E-state index in [1.54, 1.807) is 22.2 Å². The van der Waals surface area contributed by atoms with E-state index in [-0.39, 0.29) is 18.0 Å². The number of hydrogen-bond acceptors (Lipinski definition) is 3. The molecule has 1 N–H and O–H groups in total. The quantitative estimate of drug-likeness (QED) is 0.924. The number of aryl methyl sites for hydroxylation is 1. The normalized spacial score (nSPS) is 20.2. The first-order chi connectivity index (χ1) is 12.6. The second-order valence-electron chi connectivity index (χ2n) is 7.07. The number of likely N-dealkylation sites (tertiary alicyclic amines) is 1. The number of carbonyl (C=O) groups excluding carboxylic acids is 2. The van der Waals surface area contributed by atoms with Gasteiger partial charge in [-0.25, -0.2) is 4.79 Å². The van der Waals surface area contributed by atoms with Crippen molar-refractivity contribution in [3.05, 3.63) is 59.9 Å². The van der Waals surface area contributed by atoms with Crippen LogP contribution in [-0.4, -0.2) is 47.5 Å². The lowest BCUT2D eigenvalue weighted by molar-refractivity contribution is -0.117. The lowest BCUT2D eigenvalue weighted by Crippen LogP contribution is -2.54. The second-order valence-corrected chi connectivity index (χ2v) is 7.07. The molecule has 6 nitrogen and oxygen atoms in total. The van der Waals surface area contributed by atoms with Crippen molar-refractivity contribution in [2.75, 3.05) is 24.5 Å². The van der Waals surface area contributed by atoms with Gasteiger partial charge in [0.1, 0.15) is 0 Å². The van der Waals surface area contributed by atoms with E-state index in [0.29, 0.717) is 32.0 Å². The van der Waals surface area contributed by atoms with E-state index >= 15 is 0 Å². The van der Waals surface area contributed by atoms with Crippen LogP contribution in [0.25, 0.3) is 0 Å². The smallest absolute Gasteiger partial charge is 0.317 e. The number of carbonyl (C=O) groups is 2. The first kappa shape index (κ1) is 16.6. The molecular weight excluding hydrogens is 328 g/mol. The summed E-state index contributed by atoms with van der Waals surface area (Å²) in [5.74, 6) is 0.426. The first-order valence-corrected chi connectivity index (χ1v) is 8.92. The molecule has 1 aromatic heterocycles. The monoisotopic (exact) mass is 350 g/mol. The van der Waals surface area contributed by atoms with E-state index in [4.69, 9.17) is 0 Å². The van der Waals surface area contributed by atoms with Gasteiger partial charge in [-0.15, -0.1) is 0 Å². The zero-order valence-electron chi connectivity index (χ0n) is 14.8. The van der Waals surface area contributed by atoms with Crippen LogP contribution in [0.4, 0.5) is 10.5 Å². The third-order valence-electron chi connectivity index (χ3n) is 5.14. The molecule has 2 aromatic rings. The highest BCUT2D eigenvalue weighted by molar-refractivity contribution is 5.96. The van der Waals surface area contributed by atoms with E-state index in [1.807, 2.05) is 43.3 Å². The molecule has 0 aliphatic carbocycles. The Labute approximate surface area is 152 Å². The maximum atomic E-state index is 12.4. The number of nitrogens with zero attached hydrogens (tertiary/aromatic N) is 3. The van der Waals surface area contributed by atoms with E-state index < -0.39 is 0 Å². The van der Waals surface area contributed by atoms with Crippen molar-refractivity contribution in [1.29, 1.82) is 0 Å². The number of hydrogen-bond donors (Lipinski definition) is 1. The maximum Gasteiger partial charge on any atom is 0.317 e. The molecule has 2 aliphatic heterocycles. The summed E-state index contributed by atoms with van der Waals surface area (Å²) in [6.07, 6.45) is 3.91. The predicted octanol–water partition coefficient (Wildman–Crippen LogP) is 2.30. The van der Waals surface area contributed by atoms with Crippen LogP contribution < -0.4 is 10.2 Å². The van der Waals surface area contributed by atoms with Gasteiger partial charge < -0.3 is 15.1 Å². The zero-order chi connectivity index (χ0) is 18.1. The van der Waals surface area contributed by atoms with Gasteiger partial charge in [0, 0.05) is 50.1 Å². The topological polar surface area (TPSA) is 65.5 Å². The van der Waals surface area contributed by atoms with Crippen molar-refractivity contribution in [1.82, 2.24) is 15.2 Å². The van der Waals surface area contributed by atoms with Crippen LogP contribution in [-0.2, 0) is 4.79 Å². The summed E-state index contributed by atoms with van der Waals surface area (Å²) >= 11 is 0. The molecule has 2 aliphatic rings. The van der Waals surface area contributed by atoms with Gasteiger partial charge in [-0.3, -0.25) is 9.78 Å². The van der Waals surface area contributed by atoms with Crippen molar-refractivity contribution in [3.8, 4) is 0 Å². The fourth-order valence-electron chi connectivity index (χ4n) is 3.54. The van der Waals surface area contributed by atoms with Crippen molar-refractivity contribution >= 4 is 17.6 Å². The molecule has 6 heteroatoms. The third kappa shape index (κ3) is 3.27. The predicted molar refractivity (Wildman–Crippen MR) is 99.0 cm³/mol. The fourth-order valence-corrected chi connectivity index (χ4v) is 3.54. The minimum Gasteiger partial charge on any atom is -0.333 e. The van der Waals surface area contributed by atoms with Gasteiger partial charge in [-0.05, 0) is 36.8 Å². The SMILES string of the molecule is Cc1ccc(N2CC(NC(=O)N3CC(c4ccncc4)C3)CC2=O)cc1. The summed E-state index contributed by atoms with van der Waals surface area (Å²) in [6.45, 7) is 3.95. The van der Waals surface area contributed by atoms with Crippen LogP contribution >= 0.6 is 0 Å². The van der Waals surface area contributed by atoms with E-state index in [9.17, 15) is 9.59 Å². The first-order valence-electron chi connectivity index (χ1n) is 8.92. The number of rotatable bonds is 3. The van der Waals surface area contributed by atoms with Crippen molar-refractivity contribution < 1.29 is 9.59 Å². The number of urea groups is 1. The van der Waals surface area contributed by atoms with Gasteiger partial charge in [0.25, 0.3) is 0 Å². The Balaban J connectivity index is 1.30. The Morgan fingerprint density at radius 2 is 1.77 bits per heavy atom. The number of amides is 3. The van der Waals surface area contributed by atoms with Crippen LogP contribution in [0.1, 0.15) is 23.5 Å². The lowest BCUT2D eigenvalue weighted by atomic mass is 9.93. The number of nitrogens with one attached hydrogen (secondary N) is 1. The minimum atomic E-state index is -0.142. The van der Waals surface area contributed by atoms with Crippen molar-refractivity contribution in [2.24, 2.45) is 0 Å². The van der Waals surface area contributed by atoms with Gasteiger partial charge >= 0.3 is 6.03 Å². The number of pyridine rings is 1. The molecule has 2 fully saturated rings. The highest BCUT2D eigenvalue weighted by atomic mass is 16.2. The molecular formula is C20H22N4O2. The molecule has 0 saturated carbocycles. The molecule has 0 bridgehead atoms. The van der Waals surface area contributed by atoms with E-state index in [1.165, 1.54) is 5.56 Å². The van der Waals surface area contributed by atoms with Gasteiger partial charge in [-0.2, -0.15) is 0 Å². The average molecular weight is 350 g/mol. The van der Waals surface area contributed by atoms with Gasteiger partial charge in [0.15, 0.2) is 0 Å². The molecule has 4 rings (SSSR count). The molecule has 2 saturated heterocycles. The summed E-state index contributed by atoms with van der Waals surface area (Å²) < 4.78 is 0. The van der Waals surface area contributed by atoms with Gasteiger partial charge in [0.2, 0.25) is 5.91 Å². The Bertz CT molecular complexity index is 800. The summed E-state index contributed by atoms with van der Waals surface area (Å²) in [7, 11) is 0. The summed E-state index contributed by atoms with van der Waals surface area (Å²) in [6, 6.07) is 11.7. The van der Waals surface area contributed by atoms with E-state index in [0.717, 1.165) is 11.3 Å². The van der Waals surface area contributed by atoms with Crippen LogP contribution in [0.15, 0.2) is 48.8 Å². The molecule has 0 spiro atoms. The zero-order valence-corrected chi connectivity index (χ0v) is 14.8. The Morgan fingerprint density at radius 1 is 1.08 bits per heavy atom. The van der Waals surface area contributed by atoms with Crippen molar-refractivity contribution in [2.45, 2.75) is 25.3 Å². The largest absolute Gasteiger partial charge is 0.333 e. The number of aromatic nitrogens is 1. The summed E-state index contributed by atoms with van der Waals surface area (Å²) in [5.41, 5.74) is 3.26. The molecule has 1 unspecified atom stereocenters. The molecule has 1 aromatic carbocycles. The summed E-state index contributed by atoms with van der Waals surface area (Å²) in [4.78, 5) is 32.3. The Morgan fingerprint density at radius 3 is 2.46 bits per heavy atom. The molecule has 3 heterocycles. The van der Waals surface area contributed by atoms with Crippen LogP contribution in [0.3, 0.4) is 0 Å². The second kappa shape index (κ2) is 6.78. The number of benzene rings is 1. The highest BCUT2D eigenvalue weighted by Crippen LogP contribution is 2.27. The van der Waals surface area contributed by atoms with Gasteiger partial charge in [0.05, 0.1) is 6.04 Å². The lowest BCUT2D eigenvalue weighted by Gasteiger charge is -2.39. The fraction of sp³-hybridized carbons (Fsp3) is 0.350. The Kier molecular flexibility index (Phi) is 4.32. The third-order valence-corrected chi connectivity index (χ3v) is 5.14. The van der Waals surface area contributed by atoms with Crippen LogP contribution in [0.5, 0.6) is 0 Å². The molecule has 0 radical (unpaired) electrons. The van der Waals surface area contributed by atoms with E-state index in [2.05, 4.69) is 10.3 Å². The van der Waals surface area contributed by atoms with Crippen LogP contribution in [0.2, 0.25) is 0 Å². The van der Waals surface area contributed by atoms with Gasteiger partial charge in [-0.1, -0.05) is 17.7 Å². The van der Waals surface area contributed by atoms with Crippen molar-refractivity contribution in [3.63, 3.8) is 0 Å². The van der Waals surface area contributed by atoms with Crippen LogP contribution in [0, 0.1) is 6.92 Å². The highest BCUT2D eigenvalue weighted by Gasteiger charge is 2.36. The molecule has 1 atom stereocenters. The number of anilines is 1. The molecule has 26 heavy (non-hydrogen) atoms. The Hall–Kier alpha value is -2.89. The molecule has 134 valence electrons. The molecule has 3 amide bonds. The minimum absolute atomic E-state index is 0.0532.